The molecule has 1 amide bonds. The molecule has 0 unspecified atom stereocenters. The summed E-state index contributed by atoms with van der Waals surface area (Å²) in [6.45, 7) is 0. The zero-order valence-electron chi connectivity index (χ0n) is 10.4. The Labute approximate surface area is 141 Å². The number of nitrogens with one attached hydrogen (secondary N) is 2. The molecule has 0 aliphatic carbocycles. The summed E-state index contributed by atoms with van der Waals surface area (Å²) in [5.41, 5.74) is 0.916. The maximum Gasteiger partial charge on any atom is 0.257 e. The number of carbonyl (C=O) groups is 1. The summed E-state index contributed by atoms with van der Waals surface area (Å²) in [7, 11) is 0. The molecule has 1 heterocycles. The van der Waals surface area contributed by atoms with Crippen LogP contribution in [-0.2, 0) is 0 Å². The first-order valence-electron chi connectivity index (χ1n) is 5.64. The van der Waals surface area contributed by atoms with Gasteiger partial charge >= 0.3 is 0 Å². The molecule has 0 saturated carbocycles. The van der Waals surface area contributed by atoms with Gasteiger partial charge in [-0.25, -0.2) is 4.98 Å². The normalized spacial score (nSPS) is 10.0. The van der Waals surface area contributed by atoms with Gasteiger partial charge < -0.3 is 5.32 Å². The van der Waals surface area contributed by atoms with Crippen LogP contribution < -0.4 is 10.6 Å². The van der Waals surface area contributed by atoms with E-state index in [4.69, 9.17) is 47.0 Å². The van der Waals surface area contributed by atoms with E-state index in [-0.39, 0.29) is 5.11 Å². The van der Waals surface area contributed by atoms with E-state index in [1.165, 1.54) is 24.4 Å². The van der Waals surface area contributed by atoms with Crippen molar-refractivity contribution >= 4 is 63.7 Å². The highest BCUT2D eigenvalue weighted by molar-refractivity contribution is 7.80. The minimum absolute atomic E-state index is 0.125. The second-order valence-electron chi connectivity index (χ2n) is 3.94. The number of halogens is 3. The van der Waals surface area contributed by atoms with Gasteiger partial charge in [0.2, 0.25) is 0 Å². The van der Waals surface area contributed by atoms with Gasteiger partial charge in [0.25, 0.3) is 5.91 Å². The Morgan fingerprint density at radius 2 is 1.76 bits per heavy atom. The van der Waals surface area contributed by atoms with Gasteiger partial charge in [0, 0.05) is 15.6 Å². The molecule has 2 aromatic rings. The number of benzene rings is 1. The van der Waals surface area contributed by atoms with Crippen LogP contribution in [0.25, 0.3) is 0 Å². The predicted octanol–water partition coefficient (Wildman–Crippen LogP) is 4.17. The molecule has 2 rings (SSSR count). The molecule has 0 radical (unpaired) electrons. The van der Waals surface area contributed by atoms with Gasteiger partial charge in [-0.15, -0.1) is 0 Å². The third-order valence-electron chi connectivity index (χ3n) is 2.34. The van der Waals surface area contributed by atoms with Gasteiger partial charge in [0.05, 0.1) is 11.9 Å². The summed E-state index contributed by atoms with van der Waals surface area (Å²) in [6, 6.07) is 7.81. The average molecular weight is 361 g/mol. The van der Waals surface area contributed by atoms with Crippen molar-refractivity contribution < 1.29 is 4.79 Å². The molecule has 108 valence electrons. The van der Waals surface area contributed by atoms with Crippen LogP contribution in [0.15, 0.2) is 36.5 Å². The van der Waals surface area contributed by atoms with E-state index in [0.29, 0.717) is 26.4 Å². The summed E-state index contributed by atoms with van der Waals surface area (Å²) < 4.78 is 0. The summed E-state index contributed by atoms with van der Waals surface area (Å²) in [5.74, 6) is -0.418. The van der Waals surface area contributed by atoms with Crippen molar-refractivity contribution in [2.24, 2.45) is 0 Å². The second kappa shape index (κ2) is 7.04. The van der Waals surface area contributed by atoms with Gasteiger partial charge in [-0.05, 0) is 42.5 Å². The van der Waals surface area contributed by atoms with E-state index in [9.17, 15) is 4.79 Å². The average Bonchev–Trinajstić information content (AvgIpc) is 2.40. The first-order chi connectivity index (χ1) is 9.94. The lowest BCUT2D eigenvalue weighted by atomic mass is 10.2. The summed E-state index contributed by atoms with van der Waals surface area (Å²) in [6.07, 6.45) is 1.50. The molecule has 0 spiro atoms. The van der Waals surface area contributed by atoms with E-state index in [1.54, 1.807) is 12.1 Å². The van der Waals surface area contributed by atoms with Crippen molar-refractivity contribution in [2.75, 3.05) is 5.32 Å². The van der Waals surface area contributed by atoms with E-state index in [1.807, 2.05) is 0 Å². The molecule has 0 atom stereocenters. The smallest absolute Gasteiger partial charge is 0.257 e. The van der Waals surface area contributed by atoms with E-state index >= 15 is 0 Å². The van der Waals surface area contributed by atoms with Crippen molar-refractivity contribution in [3.63, 3.8) is 0 Å². The number of aromatic nitrogens is 1. The number of amides is 1. The molecule has 1 aromatic heterocycles. The fourth-order valence-electron chi connectivity index (χ4n) is 1.47. The highest BCUT2D eigenvalue weighted by atomic mass is 35.5. The third kappa shape index (κ3) is 4.82. The molecule has 21 heavy (non-hydrogen) atoms. The summed E-state index contributed by atoms with van der Waals surface area (Å²) in [4.78, 5) is 15.9. The van der Waals surface area contributed by atoms with Crippen LogP contribution in [0.4, 0.5) is 5.69 Å². The van der Waals surface area contributed by atoms with Crippen molar-refractivity contribution in [3.05, 3.63) is 57.3 Å². The van der Waals surface area contributed by atoms with Crippen LogP contribution in [0, 0.1) is 0 Å². The van der Waals surface area contributed by atoms with Gasteiger partial charge in [0.15, 0.2) is 5.11 Å². The molecule has 0 aliphatic rings. The number of nitrogens with zero attached hydrogens (tertiary/aromatic N) is 1. The minimum atomic E-state index is -0.418. The number of rotatable bonds is 2. The number of hydrogen-bond donors (Lipinski definition) is 2. The molecule has 0 saturated heterocycles. The second-order valence-corrected chi connectivity index (χ2v) is 5.60. The largest absolute Gasteiger partial charge is 0.331 e. The fourth-order valence-corrected chi connectivity index (χ4v) is 2.32. The first kappa shape index (κ1) is 16.0. The van der Waals surface area contributed by atoms with Gasteiger partial charge in [0.1, 0.15) is 5.15 Å². The quantitative estimate of drug-likeness (QED) is 0.623. The van der Waals surface area contributed by atoms with Gasteiger partial charge in [-0.2, -0.15) is 0 Å². The highest BCUT2D eigenvalue weighted by Gasteiger charge is 2.10. The lowest BCUT2D eigenvalue weighted by molar-refractivity contribution is 0.0977. The van der Waals surface area contributed by atoms with E-state index < -0.39 is 5.91 Å². The van der Waals surface area contributed by atoms with Crippen LogP contribution >= 0.6 is 47.0 Å². The Balaban J connectivity index is 2.01. The van der Waals surface area contributed by atoms with Crippen LogP contribution in [0.1, 0.15) is 10.4 Å². The fraction of sp³-hybridized carbons (Fsp3) is 0. The zero-order valence-corrected chi connectivity index (χ0v) is 13.4. The molecular weight excluding hydrogens is 353 g/mol. The summed E-state index contributed by atoms with van der Waals surface area (Å²) in [5, 5.41) is 6.56. The summed E-state index contributed by atoms with van der Waals surface area (Å²) >= 11 is 22.4. The van der Waals surface area contributed by atoms with Gasteiger partial charge in [-0.1, -0.05) is 34.8 Å². The third-order valence-corrected chi connectivity index (χ3v) is 3.20. The van der Waals surface area contributed by atoms with E-state index in [0.717, 1.165) is 0 Å². The van der Waals surface area contributed by atoms with Crippen LogP contribution in [0.3, 0.4) is 0 Å². The molecule has 0 fully saturated rings. The first-order valence-corrected chi connectivity index (χ1v) is 7.18. The number of carbonyl (C=O) groups excluding carboxylic acids is 1. The molecule has 4 nitrogen and oxygen atoms in total. The Morgan fingerprint density at radius 3 is 2.33 bits per heavy atom. The Bertz CT molecular complexity index is 671. The molecule has 1 aromatic carbocycles. The maximum absolute atomic E-state index is 12.0. The maximum atomic E-state index is 12.0. The molecular formula is C13H8Cl3N3OS. The number of anilines is 1. The molecule has 0 bridgehead atoms. The van der Waals surface area contributed by atoms with Crippen molar-refractivity contribution in [1.82, 2.24) is 10.3 Å². The monoisotopic (exact) mass is 359 g/mol. The molecule has 8 heteroatoms. The minimum Gasteiger partial charge on any atom is -0.331 e. The van der Waals surface area contributed by atoms with Crippen molar-refractivity contribution in [2.45, 2.75) is 0 Å². The lowest BCUT2D eigenvalue weighted by Gasteiger charge is -2.09. The van der Waals surface area contributed by atoms with Crippen LogP contribution in [0.5, 0.6) is 0 Å². The highest BCUT2D eigenvalue weighted by Crippen LogP contribution is 2.19. The van der Waals surface area contributed by atoms with Crippen molar-refractivity contribution in [1.29, 1.82) is 0 Å². The lowest BCUT2D eigenvalue weighted by Crippen LogP contribution is -2.34. The Kier molecular flexibility index (Phi) is 5.36. The molecule has 2 N–H and O–H groups in total. The zero-order chi connectivity index (χ0) is 15.4. The number of pyridine rings is 1. The Hall–Kier alpha value is -1.40. The topological polar surface area (TPSA) is 54.0 Å². The number of hydrogen-bond acceptors (Lipinski definition) is 3. The van der Waals surface area contributed by atoms with Gasteiger partial charge in [-0.3, -0.25) is 10.1 Å². The number of thiocarbonyl (C=S) groups is 1. The standard InChI is InChI=1S/C13H8Cl3N3OS/c14-8-3-7(4-9(15)5-8)12(20)19-13(21)18-10-1-2-11(16)17-6-10/h1-6H,(H2,18,19,20,21). The Morgan fingerprint density at radius 1 is 1.10 bits per heavy atom. The molecule has 0 aliphatic heterocycles. The van der Waals surface area contributed by atoms with Crippen LogP contribution in [-0.4, -0.2) is 16.0 Å². The van der Waals surface area contributed by atoms with E-state index in [2.05, 4.69) is 15.6 Å². The SMILES string of the molecule is O=C(NC(=S)Nc1ccc(Cl)nc1)c1cc(Cl)cc(Cl)c1. The van der Waals surface area contributed by atoms with Crippen LogP contribution in [0.2, 0.25) is 15.2 Å². The predicted molar refractivity (Wildman–Crippen MR) is 89.4 cm³/mol. The van der Waals surface area contributed by atoms with Crippen molar-refractivity contribution in [3.8, 4) is 0 Å².